The van der Waals surface area contributed by atoms with Crippen molar-refractivity contribution in [1.82, 2.24) is 9.80 Å². The largest absolute Gasteiger partial charge is 0.497 e. The van der Waals surface area contributed by atoms with E-state index in [-0.39, 0.29) is 24.4 Å². The Morgan fingerprint density at radius 1 is 0.973 bits per heavy atom. The first kappa shape index (κ1) is 26.5. The second-order valence-electron chi connectivity index (χ2n) is 8.99. The summed E-state index contributed by atoms with van der Waals surface area (Å²) in [4.78, 5) is 32.3. The third kappa shape index (κ3) is 5.91. The van der Waals surface area contributed by atoms with E-state index in [1.807, 2.05) is 29.2 Å². The van der Waals surface area contributed by atoms with Crippen molar-refractivity contribution in [2.24, 2.45) is 0 Å². The third-order valence-electron chi connectivity index (χ3n) is 6.71. The van der Waals surface area contributed by atoms with Crippen molar-refractivity contribution in [3.63, 3.8) is 0 Å². The van der Waals surface area contributed by atoms with Crippen LogP contribution in [0.25, 0.3) is 0 Å². The fourth-order valence-electron chi connectivity index (χ4n) is 4.70. The lowest BCUT2D eigenvalue weighted by Crippen LogP contribution is -2.47. The quantitative estimate of drug-likeness (QED) is 0.367. The first-order valence-corrected chi connectivity index (χ1v) is 13.4. The molecule has 1 aliphatic rings. The van der Waals surface area contributed by atoms with Gasteiger partial charge in [-0.1, -0.05) is 25.5 Å². The molecule has 0 spiro atoms. The van der Waals surface area contributed by atoms with Gasteiger partial charge in [0.25, 0.3) is 5.91 Å². The number of rotatable bonds is 10. The Balaban J connectivity index is 1.62. The Bertz CT molecular complexity index is 1200. The van der Waals surface area contributed by atoms with Crippen molar-refractivity contribution in [2.45, 2.75) is 32.2 Å². The predicted molar refractivity (Wildman–Crippen MR) is 145 cm³/mol. The monoisotopic (exact) mass is 522 g/mol. The maximum absolute atomic E-state index is 13.9. The summed E-state index contributed by atoms with van der Waals surface area (Å²) in [7, 11) is 4.74. The fourth-order valence-corrected chi connectivity index (χ4v) is 5.60. The second kappa shape index (κ2) is 12.1. The molecule has 0 N–H and O–H groups in total. The molecule has 37 heavy (non-hydrogen) atoms. The molecular formula is C29H34N2O5S. The zero-order valence-corrected chi connectivity index (χ0v) is 22.7. The van der Waals surface area contributed by atoms with Crippen LogP contribution in [-0.2, 0) is 11.2 Å². The van der Waals surface area contributed by atoms with E-state index in [9.17, 15) is 9.59 Å². The number of unbranched alkanes of at least 4 members (excludes halogenated alkanes) is 1. The highest BCUT2D eigenvalue weighted by Gasteiger charge is 2.34. The number of thiophene rings is 1. The number of hydrogen-bond acceptors (Lipinski definition) is 6. The number of fused-ring (bicyclic) bond motifs is 1. The summed E-state index contributed by atoms with van der Waals surface area (Å²) in [6, 6.07) is 14.9. The van der Waals surface area contributed by atoms with E-state index in [4.69, 9.17) is 14.2 Å². The summed E-state index contributed by atoms with van der Waals surface area (Å²) in [5.74, 6) is 1.55. The highest BCUT2D eigenvalue weighted by Crippen LogP contribution is 2.38. The van der Waals surface area contributed by atoms with Gasteiger partial charge in [-0.25, -0.2) is 0 Å². The van der Waals surface area contributed by atoms with Gasteiger partial charge in [0.2, 0.25) is 5.91 Å². The molecule has 2 amide bonds. The first-order chi connectivity index (χ1) is 18.0. The minimum absolute atomic E-state index is 0.00445. The van der Waals surface area contributed by atoms with Crippen LogP contribution in [0.1, 0.15) is 52.2 Å². The average Bonchev–Trinajstić information content (AvgIpc) is 3.43. The number of carbonyl (C=O) groups is 2. The zero-order chi connectivity index (χ0) is 26.4. The third-order valence-corrected chi connectivity index (χ3v) is 7.71. The highest BCUT2D eigenvalue weighted by molar-refractivity contribution is 7.10. The average molecular weight is 523 g/mol. The van der Waals surface area contributed by atoms with Crippen LogP contribution in [0.3, 0.4) is 0 Å². The number of carbonyl (C=O) groups excluding carboxylic acids is 2. The maximum Gasteiger partial charge on any atom is 0.254 e. The number of nitrogens with zero attached hydrogens (tertiary/aromatic N) is 2. The molecule has 2 heterocycles. The van der Waals surface area contributed by atoms with Gasteiger partial charge in [0.05, 0.1) is 27.4 Å². The van der Waals surface area contributed by atoms with E-state index >= 15 is 0 Å². The molecule has 1 aliphatic heterocycles. The molecular weight excluding hydrogens is 488 g/mol. The molecule has 2 aromatic carbocycles. The van der Waals surface area contributed by atoms with Crippen LogP contribution >= 0.6 is 11.3 Å². The number of hydrogen-bond donors (Lipinski definition) is 0. The summed E-state index contributed by atoms with van der Waals surface area (Å²) in [6.45, 7) is 3.17. The van der Waals surface area contributed by atoms with Crippen molar-refractivity contribution < 1.29 is 23.8 Å². The van der Waals surface area contributed by atoms with E-state index in [1.54, 1.807) is 55.8 Å². The van der Waals surface area contributed by atoms with Crippen LogP contribution in [0.15, 0.2) is 53.9 Å². The summed E-state index contributed by atoms with van der Waals surface area (Å²) >= 11 is 1.73. The molecule has 196 valence electrons. The molecule has 0 saturated heterocycles. The molecule has 3 aromatic rings. The number of methoxy groups -OCH3 is 3. The molecule has 1 atom stereocenters. The Morgan fingerprint density at radius 2 is 1.65 bits per heavy atom. The van der Waals surface area contributed by atoms with Crippen LogP contribution in [0.2, 0.25) is 0 Å². The second-order valence-corrected chi connectivity index (χ2v) is 9.99. The molecule has 0 aliphatic carbocycles. The minimum atomic E-state index is -0.215. The lowest BCUT2D eigenvalue weighted by Gasteiger charge is -2.37. The van der Waals surface area contributed by atoms with Crippen LogP contribution in [-0.4, -0.2) is 62.6 Å². The van der Waals surface area contributed by atoms with Crippen LogP contribution in [0.5, 0.6) is 17.2 Å². The van der Waals surface area contributed by atoms with Gasteiger partial charge in [-0.15, -0.1) is 11.3 Å². The summed E-state index contributed by atoms with van der Waals surface area (Å²) in [5.41, 5.74) is 2.61. The summed E-state index contributed by atoms with van der Waals surface area (Å²) in [6.07, 6.45) is 2.52. The van der Waals surface area contributed by atoms with Gasteiger partial charge in [-0.3, -0.25) is 9.59 Å². The Labute approximate surface area is 222 Å². The van der Waals surface area contributed by atoms with E-state index in [0.29, 0.717) is 30.2 Å². The molecule has 0 saturated carbocycles. The molecule has 0 bridgehead atoms. The molecule has 0 fully saturated rings. The zero-order valence-electron chi connectivity index (χ0n) is 21.9. The first-order valence-electron chi connectivity index (χ1n) is 12.5. The van der Waals surface area contributed by atoms with E-state index in [1.165, 1.54) is 4.88 Å². The Morgan fingerprint density at radius 3 is 2.27 bits per heavy atom. The van der Waals surface area contributed by atoms with Gasteiger partial charge < -0.3 is 24.0 Å². The summed E-state index contributed by atoms with van der Waals surface area (Å²) < 4.78 is 16.0. The van der Waals surface area contributed by atoms with Gasteiger partial charge in [0.1, 0.15) is 23.8 Å². The molecule has 1 unspecified atom stereocenters. The standard InChI is InChI=1S/C29H34N2O5S/c1-5-6-13-30(29(33)21-16-23(35-3)18-24(17-21)36-4)19-27(32)31-14-11-26-25(12-15-37-26)28(31)20-7-9-22(34-2)10-8-20/h7-10,12,15-18,28H,5-6,11,13-14,19H2,1-4H3. The van der Waals surface area contributed by atoms with Crippen LogP contribution < -0.4 is 14.2 Å². The maximum atomic E-state index is 13.9. The lowest BCUT2D eigenvalue weighted by atomic mass is 9.93. The molecule has 0 radical (unpaired) electrons. The molecule has 1 aromatic heterocycles. The van der Waals surface area contributed by atoms with E-state index in [0.717, 1.165) is 36.1 Å². The van der Waals surface area contributed by atoms with Crippen LogP contribution in [0.4, 0.5) is 0 Å². The van der Waals surface area contributed by atoms with Gasteiger partial charge in [-0.2, -0.15) is 0 Å². The van der Waals surface area contributed by atoms with Gasteiger partial charge in [0.15, 0.2) is 0 Å². The van der Waals surface area contributed by atoms with Gasteiger partial charge in [-0.05, 0) is 59.7 Å². The van der Waals surface area contributed by atoms with Gasteiger partial charge in [0, 0.05) is 29.6 Å². The van der Waals surface area contributed by atoms with Crippen molar-refractivity contribution in [2.75, 3.05) is 41.0 Å². The molecule has 8 heteroatoms. The minimum Gasteiger partial charge on any atom is -0.497 e. The Hall–Kier alpha value is -3.52. The van der Waals surface area contributed by atoms with E-state index < -0.39 is 0 Å². The highest BCUT2D eigenvalue weighted by atomic mass is 32.1. The van der Waals surface area contributed by atoms with Crippen molar-refractivity contribution >= 4 is 23.2 Å². The Kier molecular flexibility index (Phi) is 8.71. The smallest absolute Gasteiger partial charge is 0.254 e. The number of benzene rings is 2. The van der Waals surface area contributed by atoms with Crippen LogP contribution in [0, 0.1) is 0 Å². The summed E-state index contributed by atoms with van der Waals surface area (Å²) in [5, 5.41) is 2.09. The predicted octanol–water partition coefficient (Wildman–Crippen LogP) is 5.19. The van der Waals surface area contributed by atoms with Crippen molar-refractivity contribution in [3.05, 3.63) is 75.5 Å². The van der Waals surface area contributed by atoms with Gasteiger partial charge >= 0.3 is 0 Å². The van der Waals surface area contributed by atoms with Crippen molar-refractivity contribution in [1.29, 1.82) is 0 Å². The fraction of sp³-hybridized carbons (Fsp3) is 0.379. The molecule has 4 rings (SSSR count). The normalized spacial score (nSPS) is 14.6. The SMILES string of the molecule is CCCCN(CC(=O)N1CCc2sccc2C1c1ccc(OC)cc1)C(=O)c1cc(OC)cc(OC)c1. The van der Waals surface area contributed by atoms with E-state index in [2.05, 4.69) is 18.4 Å². The topological polar surface area (TPSA) is 68.3 Å². The number of amides is 2. The number of ether oxygens (including phenoxy) is 3. The van der Waals surface area contributed by atoms with Crippen molar-refractivity contribution in [3.8, 4) is 17.2 Å². The lowest BCUT2D eigenvalue weighted by molar-refractivity contribution is -0.134. The molecule has 7 nitrogen and oxygen atoms in total.